The van der Waals surface area contributed by atoms with Crippen molar-refractivity contribution < 1.29 is 19.0 Å². The van der Waals surface area contributed by atoms with Gasteiger partial charge in [0.05, 0.1) is 31.8 Å². The molecule has 0 bridgehead atoms. The number of aryl methyl sites for hydroxylation is 3. The van der Waals surface area contributed by atoms with Crippen molar-refractivity contribution >= 4 is 5.97 Å². The lowest BCUT2D eigenvalue weighted by Gasteiger charge is -2.19. The number of methoxy groups -OCH3 is 1. The van der Waals surface area contributed by atoms with Crippen LogP contribution in [0.5, 0.6) is 11.5 Å². The van der Waals surface area contributed by atoms with E-state index in [1.165, 1.54) is 7.11 Å². The second kappa shape index (κ2) is 10.9. The molecule has 0 fully saturated rings. The van der Waals surface area contributed by atoms with Crippen molar-refractivity contribution in [3.8, 4) is 39.8 Å². The van der Waals surface area contributed by atoms with E-state index in [1.54, 1.807) is 23.9 Å². The Balaban J connectivity index is 1.32. The van der Waals surface area contributed by atoms with Crippen LogP contribution in [0.2, 0.25) is 0 Å². The molecule has 212 valence electrons. The molecule has 3 aromatic carbocycles. The van der Waals surface area contributed by atoms with Crippen molar-refractivity contribution in [2.45, 2.75) is 45.1 Å². The normalized spacial score (nSPS) is 16.7. The summed E-state index contributed by atoms with van der Waals surface area (Å²) in [4.78, 5) is 24.0. The Labute approximate surface area is 244 Å². The third kappa shape index (κ3) is 4.83. The summed E-state index contributed by atoms with van der Waals surface area (Å²) < 4.78 is 18.8. The highest BCUT2D eigenvalue weighted by atomic mass is 16.5. The lowest BCUT2D eigenvalue weighted by molar-refractivity contribution is -0.141. The summed E-state index contributed by atoms with van der Waals surface area (Å²) in [6.07, 6.45) is 3.50. The van der Waals surface area contributed by atoms with Crippen LogP contribution in [-0.4, -0.2) is 24.3 Å². The minimum Gasteiger partial charge on any atom is -0.492 e. The molecule has 0 saturated carbocycles. The fraction of sp³-hybridized carbons (Fsp3) is 0.286. The van der Waals surface area contributed by atoms with Crippen molar-refractivity contribution in [2.24, 2.45) is 7.05 Å². The maximum absolute atomic E-state index is 12.3. The van der Waals surface area contributed by atoms with E-state index in [9.17, 15) is 14.9 Å². The molecule has 1 unspecified atom stereocenters. The number of hydrogen-bond donors (Lipinski definition) is 0. The van der Waals surface area contributed by atoms with Gasteiger partial charge in [0, 0.05) is 42.4 Å². The number of aromatic nitrogens is 1. The van der Waals surface area contributed by atoms with Gasteiger partial charge in [0.2, 0.25) is 0 Å². The van der Waals surface area contributed by atoms with Crippen LogP contribution in [0, 0.1) is 25.2 Å². The van der Waals surface area contributed by atoms with Gasteiger partial charge in [0.15, 0.2) is 0 Å². The maximum Gasteiger partial charge on any atom is 0.306 e. The van der Waals surface area contributed by atoms with Crippen LogP contribution >= 0.6 is 0 Å². The van der Waals surface area contributed by atoms with Gasteiger partial charge < -0.3 is 18.8 Å². The number of ether oxygens (including phenoxy) is 3. The number of rotatable bonds is 6. The molecule has 4 aromatic rings. The van der Waals surface area contributed by atoms with Gasteiger partial charge in [-0.15, -0.1) is 0 Å². The van der Waals surface area contributed by atoms with E-state index < -0.39 is 0 Å². The van der Waals surface area contributed by atoms with E-state index in [0.717, 1.165) is 68.7 Å². The van der Waals surface area contributed by atoms with Gasteiger partial charge >= 0.3 is 5.97 Å². The summed E-state index contributed by atoms with van der Waals surface area (Å²) in [5, 5.41) is 10.1. The average Bonchev–Trinajstić information content (AvgIpc) is 3.57. The van der Waals surface area contributed by atoms with Crippen LogP contribution in [0.3, 0.4) is 0 Å². The van der Waals surface area contributed by atoms with Crippen LogP contribution < -0.4 is 15.0 Å². The number of pyridine rings is 1. The van der Waals surface area contributed by atoms with E-state index in [-0.39, 0.29) is 30.0 Å². The molecule has 2 aliphatic rings. The zero-order valence-corrected chi connectivity index (χ0v) is 24.2. The lowest BCUT2D eigenvalue weighted by atomic mass is 9.85. The van der Waals surface area contributed by atoms with E-state index in [1.807, 2.05) is 36.4 Å². The van der Waals surface area contributed by atoms with Crippen LogP contribution in [0.4, 0.5) is 0 Å². The summed E-state index contributed by atoms with van der Waals surface area (Å²) in [5.41, 5.74) is 9.79. The quantitative estimate of drug-likeness (QED) is 0.257. The highest BCUT2D eigenvalue weighted by Gasteiger charge is 2.31. The maximum atomic E-state index is 12.3. The van der Waals surface area contributed by atoms with Crippen LogP contribution in [-0.2, 0) is 23.0 Å². The molecule has 0 radical (unpaired) electrons. The Bertz CT molecular complexity index is 1810. The van der Waals surface area contributed by atoms with Crippen molar-refractivity contribution in [1.82, 2.24) is 4.57 Å². The first-order valence-corrected chi connectivity index (χ1v) is 14.1. The molecule has 6 rings (SSSR count). The van der Waals surface area contributed by atoms with Crippen molar-refractivity contribution in [2.75, 3.05) is 13.7 Å². The molecule has 0 spiro atoms. The van der Waals surface area contributed by atoms with Crippen LogP contribution in [0.25, 0.3) is 22.3 Å². The van der Waals surface area contributed by atoms with Gasteiger partial charge in [-0.2, -0.15) is 5.26 Å². The Morgan fingerprint density at radius 3 is 2.50 bits per heavy atom. The Hall–Kier alpha value is -4.83. The fourth-order valence-corrected chi connectivity index (χ4v) is 6.37. The van der Waals surface area contributed by atoms with Gasteiger partial charge in [-0.1, -0.05) is 24.3 Å². The molecular weight excluding hydrogens is 528 g/mol. The van der Waals surface area contributed by atoms with E-state index in [4.69, 9.17) is 14.2 Å². The largest absolute Gasteiger partial charge is 0.492 e. The molecule has 2 heterocycles. The molecule has 1 aliphatic carbocycles. The second-order valence-electron chi connectivity index (χ2n) is 11.2. The molecule has 7 heteroatoms. The predicted octanol–water partition coefficient (Wildman–Crippen LogP) is 6.31. The number of carbonyl (C=O) groups is 1. The smallest absolute Gasteiger partial charge is 0.306 e. The minimum absolute atomic E-state index is 0.0224. The minimum atomic E-state index is -0.252. The lowest BCUT2D eigenvalue weighted by Crippen LogP contribution is -2.14. The number of nitrogens with zero attached hydrogens (tertiary/aromatic N) is 2. The molecule has 7 nitrogen and oxygen atoms in total. The van der Waals surface area contributed by atoms with Gasteiger partial charge in [-0.05, 0) is 83.8 Å². The zero-order valence-electron chi connectivity index (χ0n) is 24.2. The predicted molar refractivity (Wildman–Crippen MR) is 160 cm³/mol. The molecular formula is C35H32N2O5. The van der Waals surface area contributed by atoms with Gasteiger partial charge in [0.25, 0.3) is 5.56 Å². The number of esters is 1. The number of hydrogen-bond acceptors (Lipinski definition) is 6. The summed E-state index contributed by atoms with van der Waals surface area (Å²) in [5.74, 6) is 1.17. The second-order valence-corrected chi connectivity index (χ2v) is 11.2. The first-order valence-electron chi connectivity index (χ1n) is 14.1. The average molecular weight is 561 g/mol. The summed E-state index contributed by atoms with van der Waals surface area (Å²) in [6.45, 7) is 4.57. The van der Waals surface area contributed by atoms with Crippen molar-refractivity contribution in [1.29, 1.82) is 5.26 Å². The molecule has 42 heavy (non-hydrogen) atoms. The first-order chi connectivity index (χ1) is 20.3. The SMILES string of the molecule is COC(=O)CC1COc2cc(O[C@@H]3CCc4c3ccc(C#N)c4-c3c(C)cc(-c4ccn(C)c(=O)c4)cc3C)ccc21. The molecule has 0 N–H and O–H groups in total. The van der Waals surface area contributed by atoms with E-state index in [0.29, 0.717) is 17.9 Å². The Morgan fingerprint density at radius 1 is 1.02 bits per heavy atom. The molecule has 0 amide bonds. The van der Waals surface area contributed by atoms with Gasteiger partial charge in [-0.3, -0.25) is 9.59 Å². The Kier molecular flexibility index (Phi) is 7.07. The van der Waals surface area contributed by atoms with Crippen LogP contribution in [0.15, 0.2) is 65.6 Å². The standard InChI is InChI=1S/C35H32N2O5/c1-20-13-24(22-11-12-37(3)32(38)15-22)14-21(2)34(20)35-23(18-36)5-7-28-29(35)9-10-30(28)42-26-6-8-27-25(16-33(39)40-4)19-41-31(27)17-26/h5-8,11-15,17,25,30H,9-10,16,19H2,1-4H3/t25?,30-/m1/s1. The fourth-order valence-electron chi connectivity index (χ4n) is 6.37. The monoisotopic (exact) mass is 560 g/mol. The highest BCUT2D eigenvalue weighted by molar-refractivity contribution is 5.83. The first kappa shape index (κ1) is 27.3. The van der Waals surface area contributed by atoms with Gasteiger partial charge in [-0.25, -0.2) is 0 Å². The number of carbonyl (C=O) groups excluding carboxylic acids is 1. The zero-order chi connectivity index (χ0) is 29.5. The highest BCUT2D eigenvalue weighted by Crippen LogP contribution is 2.45. The summed E-state index contributed by atoms with van der Waals surface area (Å²) >= 11 is 0. The molecule has 1 aromatic heterocycles. The third-order valence-electron chi connectivity index (χ3n) is 8.48. The topological polar surface area (TPSA) is 90.6 Å². The molecule has 1 aliphatic heterocycles. The number of fused-ring (bicyclic) bond motifs is 2. The van der Waals surface area contributed by atoms with Crippen molar-refractivity contribution in [3.63, 3.8) is 0 Å². The number of nitriles is 1. The number of benzene rings is 3. The Morgan fingerprint density at radius 2 is 1.79 bits per heavy atom. The summed E-state index contributed by atoms with van der Waals surface area (Å²) in [7, 11) is 3.14. The molecule has 2 atom stereocenters. The van der Waals surface area contributed by atoms with Gasteiger partial charge in [0.1, 0.15) is 17.6 Å². The van der Waals surface area contributed by atoms with E-state index in [2.05, 4.69) is 32.0 Å². The molecule has 0 saturated heterocycles. The summed E-state index contributed by atoms with van der Waals surface area (Å²) in [6, 6.07) is 19.9. The van der Waals surface area contributed by atoms with E-state index >= 15 is 0 Å². The third-order valence-corrected chi connectivity index (χ3v) is 8.48. The van der Waals surface area contributed by atoms with Crippen molar-refractivity contribution in [3.05, 3.63) is 105 Å². The van der Waals surface area contributed by atoms with Crippen LogP contribution in [0.1, 0.15) is 58.2 Å².